The number of hydrogen-bond donors (Lipinski definition) is 4. The van der Waals surface area contributed by atoms with Gasteiger partial charge in [0.15, 0.2) is 17.5 Å². The van der Waals surface area contributed by atoms with Crippen LogP contribution in [0.3, 0.4) is 0 Å². The molecule has 2 aliphatic rings. The van der Waals surface area contributed by atoms with Gasteiger partial charge in [0, 0.05) is 61.5 Å². The van der Waals surface area contributed by atoms with E-state index in [0.717, 1.165) is 64.4 Å². The summed E-state index contributed by atoms with van der Waals surface area (Å²) in [5.41, 5.74) is 6.28. The van der Waals surface area contributed by atoms with Crippen LogP contribution in [0.2, 0.25) is 0 Å². The van der Waals surface area contributed by atoms with Crippen molar-refractivity contribution < 1.29 is 38.0 Å². The van der Waals surface area contributed by atoms with E-state index in [1.165, 1.54) is 0 Å². The summed E-state index contributed by atoms with van der Waals surface area (Å²) >= 11 is 0. The number of nitrogens with zero attached hydrogens (tertiary/aromatic N) is 7. The molecule has 0 radical (unpaired) electrons. The Bertz CT molecular complexity index is 2540. The zero-order chi connectivity index (χ0) is 43.5. The average molecular weight is 852 g/mol. The molecule has 4 N–H and O–H groups in total. The van der Waals surface area contributed by atoms with E-state index in [-0.39, 0.29) is 36.8 Å². The van der Waals surface area contributed by atoms with Crippen LogP contribution in [0, 0.1) is 12.8 Å². The minimum Gasteiger partial charge on any atom is -0.496 e. The van der Waals surface area contributed by atoms with Crippen molar-refractivity contribution in [3.05, 3.63) is 83.4 Å². The number of aliphatic carboxylic acids is 1. The van der Waals surface area contributed by atoms with Crippen molar-refractivity contribution in [2.75, 3.05) is 39.8 Å². The van der Waals surface area contributed by atoms with E-state index in [4.69, 9.17) is 29.4 Å². The predicted octanol–water partition coefficient (Wildman–Crippen LogP) is 7.14. The zero-order valence-electron chi connectivity index (χ0n) is 35.1. The molecule has 4 aromatic heterocycles. The van der Waals surface area contributed by atoms with Crippen LogP contribution in [-0.4, -0.2) is 103 Å². The molecule has 8 rings (SSSR count). The van der Waals surface area contributed by atoms with Crippen LogP contribution in [0.5, 0.6) is 11.6 Å². The molecule has 1 saturated carbocycles. The predicted molar refractivity (Wildman–Crippen MR) is 229 cm³/mol. The van der Waals surface area contributed by atoms with Gasteiger partial charge in [-0.1, -0.05) is 24.3 Å². The van der Waals surface area contributed by atoms with Crippen molar-refractivity contribution >= 4 is 39.4 Å². The van der Waals surface area contributed by atoms with E-state index >= 15 is 0 Å². The molecule has 0 bridgehead atoms. The molecule has 1 saturated heterocycles. The van der Waals surface area contributed by atoms with Crippen LogP contribution in [0.25, 0.3) is 38.9 Å². The fourth-order valence-electron chi connectivity index (χ4n) is 8.81. The van der Waals surface area contributed by atoms with Gasteiger partial charge in [-0.2, -0.15) is 10.1 Å². The lowest BCUT2D eigenvalue weighted by atomic mass is 9.84. The van der Waals surface area contributed by atoms with Crippen molar-refractivity contribution in [2.45, 2.75) is 83.2 Å². The van der Waals surface area contributed by atoms with Gasteiger partial charge < -0.3 is 35.1 Å². The number of fused-ring (bicyclic) bond motifs is 2. The summed E-state index contributed by atoms with van der Waals surface area (Å²) in [5, 5.41) is 32.2. The SMILES string of the molecule is COc1cc(-n2ncc3c(-c4cccc(Nc5nc(C(F)F)nc6cc(CNC7CCC(CC(=O)O)CC7)cnc56)c4C)cccc32)nc(OC)c1CN(C)[C@@H]1CCOC[C@@H]1O. The number of nitrogens with one attached hydrogen (secondary N) is 2. The van der Waals surface area contributed by atoms with Crippen molar-refractivity contribution in [3.63, 3.8) is 0 Å². The number of halogens is 2. The fraction of sp³-hybridized carbons (Fsp3) is 0.422. The van der Waals surface area contributed by atoms with Gasteiger partial charge in [0.05, 0.1) is 49.7 Å². The highest BCUT2D eigenvalue weighted by Crippen LogP contribution is 2.38. The standard InChI is InChI=1S/C45H51F2N9O6/c1-25-29(30-8-6-10-35-31(30)22-50-56(35)39-19-38(60-3)32(45(53-39)61-4)23-55(2)36-15-16-62-24-37(36)57)7-5-9-33(25)51-43-41-34(52-44(54-43)42(46)47)17-27(21-49-41)20-48-28-13-11-26(12-14-28)18-40(58)59/h5-10,17,19,21-22,26,28,36-37,42,48,57H,11-16,18,20,23-24H2,1-4H3,(H,58,59)(H,51,52,54)/t26?,28?,36-,37+/m1/s1. The third-order valence-electron chi connectivity index (χ3n) is 12.1. The minimum absolute atomic E-state index is 0.0896. The Labute approximate surface area is 357 Å². The number of aliphatic hydroxyl groups is 1. The number of benzene rings is 2. The van der Waals surface area contributed by atoms with E-state index < -0.39 is 24.3 Å². The smallest absolute Gasteiger partial charge is 0.303 e. The number of alkyl halides is 2. The third kappa shape index (κ3) is 9.02. The minimum atomic E-state index is -2.90. The van der Waals surface area contributed by atoms with E-state index in [0.29, 0.717) is 60.3 Å². The summed E-state index contributed by atoms with van der Waals surface area (Å²) in [7, 11) is 5.11. The molecule has 0 spiro atoms. The lowest BCUT2D eigenvalue weighted by molar-refractivity contribution is -0.138. The number of rotatable bonds is 15. The Hall–Kier alpha value is -5.88. The van der Waals surface area contributed by atoms with Gasteiger partial charge in [-0.15, -0.1) is 0 Å². The van der Waals surface area contributed by atoms with Crippen molar-refractivity contribution in [1.29, 1.82) is 0 Å². The lowest BCUT2D eigenvalue weighted by Gasteiger charge is -2.35. The Balaban J connectivity index is 1.05. The maximum atomic E-state index is 14.2. The fourth-order valence-corrected chi connectivity index (χ4v) is 8.81. The normalized spacial score (nSPS) is 19.4. The van der Waals surface area contributed by atoms with Crippen LogP contribution >= 0.6 is 0 Å². The number of aliphatic hydroxyl groups excluding tert-OH is 1. The maximum absolute atomic E-state index is 14.2. The quantitative estimate of drug-likeness (QED) is 0.0819. The number of carboxylic acid groups (broad SMARTS) is 1. The number of anilines is 2. The Kier molecular flexibility index (Phi) is 12.9. The molecule has 2 aromatic carbocycles. The zero-order valence-corrected chi connectivity index (χ0v) is 35.1. The average Bonchev–Trinajstić information content (AvgIpc) is 3.71. The van der Waals surface area contributed by atoms with E-state index in [1.807, 2.05) is 56.4 Å². The summed E-state index contributed by atoms with van der Waals surface area (Å²) in [6.07, 6.45) is 4.32. The summed E-state index contributed by atoms with van der Waals surface area (Å²) < 4.78 is 47.3. The summed E-state index contributed by atoms with van der Waals surface area (Å²) in [6.45, 7) is 3.72. The highest BCUT2D eigenvalue weighted by atomic mass is 19.3. The van der Waals surface area contributed by atoms with Crippen LogP contribution in [0.1, 0.15) is 67.5 Å². The molecule has 0 unspecified atom stereocenters. The first-order valence-electron chi connectivity index (χ1n) is 20.8. The number of methoxy groups -OCH3 is 2. The topological polar surface area (TPSA) is 182 Å². The third-order valence-corrected chi connectivity index (χ3v) is 12.1. The lowest BCUT2D eigenvalue weighted by Crippen LogP contribution is -2.47. The van der Waals surface area contributed by atoms with E-state index in [2.05, 4.69) is 30.5 Å². The molecule has 15 nitrogen and oxygen atoms in total. The second-order valence-electron chi connectivity index (χ2n) is 16.1. The van der Waals surface area contributed by atoms with Gasteiger partial charge in [0.25, 0.3) is 6.43 Å². The largest absolute Gasteiger partial charge is 0.496 e. The molecular formula is C45H51F2N9O6. The van der Waals surface area contributed by atoms with Gasteiger partial charge in [0.2, 0.25) is 5.88 Å². The molecule has 17 heteroatoms. The van der Waals surface area contributed by atoms with Gasteiger partial charge in [-0.05, 0) is 92.4 Å². The molecule has 1 aliphatic carbocycles. The maximum Gasteiger partial charge on any atom is 0.303 e. The molecule has 326 valence electrons. The molecule has 2 atom stereocenters. The van der Waals surface area contributed by atoms with Gasteiger partial charge in [0.1, 0.15) is 11.3 Å². The number of carboxylic acids is 1. The van der Waals surface area contributed by atoms with Crippen LogP contribution < -0.4 is 20.1 Å². The highest BCUT2D eigenvalue weighted by Gasteiger charge is 2.30. The second kappa shape index (κ2) is 18.6. The molecule has 6 aromatic rings. The number of ether oxygens (including phenoxy) is 3. The Morgan fingerprint density at radius 2 is 1.81 bits per heavy atom. The second-order valence-corrected chi connectivity index (χ2v) is 16.1. The number of pyridine rings is 2. The van der Waals surface area contributed by atoms with Crippen LogP contribution in [0.4, 0.5) is 20.3 Å². The van der Waals surface area contributed by atoms with Crippen molar-refractivity contribution in [1.82, 2.24) is 39.9 Å². The molecule has 2 fully saturated rings. The van der Waals surface area contributed by atoms with E-state index in [9.17, 15) is 18.7 Å². The molecule has 0 amide bonds. The molecule has 62 heavy (non-hydrogen) atoms. The molecule has 5 heterocycles. The highest BCUT2D eigenvalue weighted by molar-refractivity contribution is 5.97. The van der Waals surface area contributed by atoms with E-state index in [1.54, 1.807) is 37.4 Å². The van der Waals surface area contributed by atoms with Crippen LogP contribution in [0.15, 0.2) is 60.9 Å². The van der Waals surface area contributed by atoms with Crippen LogP contribution in [-0.2, 0) is 22.6 Å². The van der Waals surface area contributed by atoms with Crippen molar-refractivity contribution in [2.24, 2.45) is 5.92 Å². The number of likely N-dealkylation sites (N-methyl/N-ethyl adjacent to an activating group) is 1. The van der Waals surface area contributed by atoms with Crippen molar-refractivity contribution in [3.8, 4) is 28.6 Å². The Morgan fingerprint density at radius 3 is 2.55 bits per heavy atom. The first-order chi connectivity index (χ1) is 30.0. The number of carbonyl (C=O) groups is 1. The molecular weight excluding hydrogens is 801 g/mol. The first-order valence-corrected chi connectivity index (χ1v) is 20.8. The van der Waals surface area contributed by atoms with Gasteiger partial charge in [-0.3, -0.25) is 14.7 Å². The Morgan fingerprint density at radius 1 is 1.02 bits per heavy atom. The van der Waals surface area contributed by atoms with Gasteiger partial charge in [-0.25, -0.2) is 23.4 Å². The summed E-state index contributed by atoms with van der Waals surface area (Å²) in [6, 6.07) is 15.4. The summed E-state index contributed by atoms with van der Waals surface area (Å²) in [5.74, 6) is 0.438. The number of hydrogen-bond acceptors (Lipinski definition) is 13. The first kappa shape index (κ1) is 42.8. The molecule has 1 aliphatic heterocycles. The summed E-state index contributed by atoms with van der Waals surface area (Å²) in [4.78, 5) is 31.1. The monoisotopic (exact) mass is 851 g/mol. The van der Waals surface area contributed by atoms with Gasteiger partial charge >= 0.3 is 5.97 Å². The number of aromatic nitrogens is 6.